The molecule has 0 heterocycles. The largest absolute Gasteiger partial charge is 0.495 e. The van der Waals surface area contributed by atoms with Crippen molar-refractivity contribution in [3.05, 3.63) is 50.5 Å². The highest BCUT2D eigenvalue weighted by molar-refractivity contribution is 9.10. The lowest BCUT2D eigenvalue weighted by Gasteiger charge is -2.22. The Balaban J connectivity index is 2.55. The number of halogens is 1. The predicted octanol–water partition coefficient (Wildman–Crippen LogP) is 3.87. The van der Waals surface area contributed by atoms with E-state index in [1.54, 1.807) is 6.08 Å². The van der Waals surface area contributed by atoms with Gasteiger partial charge in [-0.1, -0.05) is 12.7 Å². The van der Waals surface area contributed by atoms with Gasteiger partial charge in [-0.25, -0.2) is 4.79 Å². The Bertz CT molecular complexity index is 728. The molecular formula is C16H16BrNO6. The average molecular weight is 398 g/mol. The highest BCUT2D eigenvalue weighted by atomic mass is 79.9. The van der Waals surface area contributed by atoms with Crippen LogP contribution in [0.4, 0.5) is 5.69 Å². The Labute approximate surface area is 147 Å². The smallest absolute Gasteiger partial charge is 0.334 e. The van der Waals surface area contributed by atoms with Gasteiger partial charge in [-0.05, 0) is 34.8 Å². The van der Waals surface area contributed by atoms with Crippen LogP contribution in [0.1, 0.15) is 24.5 Å². The van der Waals surface area contributed by atoms with Crippen molar-refractivity contribution >= 4 is 27.6 Å². The van der Waals surface area contributed by atoms with Gasteiger partial charge in [0.25, 0.3) is 0 Å². The summed E-state index contributed by atoms with van der Waals surface area (Å²) < 4.78 is 16.2. The molecule has 1 aliphatic rings. The molecule has 0 fully saturated rings. The fourth-order valence-electron chi connectivity index (χ4n) is 2.27. The molecule has 24 heavy (non-hydrogen) atoms. The maximum Gasteiger partial charge on any atom is 0.334 e. The number of esters is 1. The van der Waals surface area contributed by atoms with Gasteiger partial charge in [0.1, 0.15) is 5.75 Å². The number of allylic oxidation sites excluding steroid dienone is 1. The number of nitrogens with zero attached hydrogens (tertiary/aromatic N) is 1. The van der Waals surface area contributed by atoms with Crippen molar-refractivity contribution in [2.75, 3.05) is 14.2 Å². The van der Waals surface area contributed by atoms with Crippen molar-refractivity contribution in [1.82, 2.24) is 0 Å². The van der Waals surface area contributed by atoms with E-state index in [2.05, 4.69) is 22.5 Å². The molecule has 0 aromatic heterocycles. The first kappa shape index (κ1) is 18.0. The van der Waals surface area contributed by atoms with E-state index in [1.165, 1.54) is 26.4 Å². The molecule has 1 atom stereocenters. The van der Waals surface area contributed by atoms with E-state index in [1.807, 2.05) is 0 Å². The lowest BCUT2D eigenvalue weighted by Crippen LogP contribution is -2.16. The molecule has 0 bridgehead atoms. The first-order chi connectivity index (χ1) is 11.4. The highest BCUT2D eigenvalue weighted by Gasteiger charge is 2.31. The Kier molecular flexibility index (Phi) is 5.61. The number of rotatable bonds is 7. The van der Waals surface area contributed by atoms with Gasteiger partial charge in [0.15, 0.2) is 6.10 Å². The van der Waals surface area contributed by atoms with Crippen LogP contribution in [0, 0.1) is 10.1 Å². The molecule has 1 unspecified atom stereocenters. The summed E-state index contributed by atoms with van der Waals surface area (Å²) in [6.45, 7) is 3.66. The number of nitro groups is 1. The van der Waals surface area contributed by atoms with Gasteiger partial charge in [-0.2, -0.15) is 0 Å². The van der Waals surface area contributed by atoms with Gasteiger partial charge >= 0.3 is 11.7 Å². The molecule has 7 nitrogen and oxygen atoms in total. The third-order valence-electron chi connectivity index (χ3n) is 3.62. The molecule has 1 aromatic carbocycles. The summed E-state index contributed by atoms with van der Waals surface area (Å²) in [6.07, 6.45) is 3.71. The zero-order valence-corrected chi connectivity index (χ0v) is 14.8. The zero-order chi connectivity index (χ0) is 17.9. The Morgan fingerprint density at radius 2 is 2.12 bits per heavy atom. The minimum Gasteiger partial charge on any atom is -0.495 e. The third-order valence-corrected chi connectivity index (χ3v) is 4.44. The molecule has 2 rings (SSSR count). The van der Waals surface area contributed by atoms with Crippen LogP contribution >= 0.6 is 15.9 Å². The first-order valence-corrected chi connectivity index (χ1v) is 7.85. The normalized spacial score (nSPS) is 14.0. The molecule has 0 N–H and O–H groups in total. The van der Waals surface area contributed by atoms with E-state index >= 15 is 0 Å². The molecule has 0 aliphatic heterocycles. The van der Waals surface area contributed by atoms with Gasteiger partial charge in [0.05, 0.1) is 35.2 Å². The number of hydrogen-bond donors (Lipinski definition) is 0. The van der Waals surface area contributed by atoms with Gasteiger partial charge in [0, 0.05) is 5.57 Å². The van der Waals surface area contributed by atoms with Crippen molar-refractivity contribution in [1.29, 1.82) is 0 Å². The summed E-state index contributed by atoms with van der Waals surface area (Å²) in [5.74, 6) is -0.276. The number of benzene rings is 1. The van der Waals surface area contributed by atoms with Crippen LogP contribution < -0.4 is 9.47 Å². The van der Waals surface area contributed by atoms with Crippen molar-refractivity contribution in [2.24, 2.45) is 0 Å². The predicted molar refractivity (Wildman–Crippen MR) is 90.2 cm³/mol. The third kappa shape index (κ3) is 3.28. The van der Waals surface area contributed by atoms with Crippen LogP contribution in [0.2, 0.25) is 0 Å². The summed E-state index contributed by atoms with van der Waals surface area (Å²) in [5, 5.41) is 11.3. The molecule has 128 valence electrons. The second kappa shape index (κ2) is 7.48. The quantitative estimate of drug-likeness (QED) is 0.300. The van der Waals surface area contributed by atoms with E-state index in [-0.39, 0.29) is 22.7 Å². The van der Waals surface area contributed by atoms with Crippen LogP contribution in [-0.2, 0) is 9.53 Å². The molecular weight excluding hydrogens is 382 g/mol. The maximum absolute atomic E-state index is 12.1. The van der Waals surface area contributed by atoms with Crippen LogP contribution in [0.15, 0.2) is 34.8 Å². The average Bonchev–Trinajstić information content (AvgIpc) is 2.50. The number of carbonyl (C=O) groups is 1. The monoisotopic (exact) mass is 397 g/mol. The number of carbonyl (C=O) groups excluding carboxylic acids is 1. The minimum atomic E-state index is -0.933. The maximum atomic E-state index is 12.1. The molecule has 8 heteroatoms. The summed E-state index contributed by atoms with van der Waals surface area (Å²) in [6, 6.07) is 1.24. The molecule has 0 saturated carbocycles. The van der Waals surface area contributed by atoms with E-state index in [9.17, 15) is 14.9 Å². The van der Waals surface area contributed by atoms with Crippen LogP contribution in [0.25, 0.3) is 0 Å². The fraction of sp³-hybridized carbons (Fsp3) is 0.312. The van der Waals surface area contributed by atoms with Crippen LogP contribution in [-0.4, -0.2) is 25.1 Å². The number of hydrogen-bond acceptors (Lipinski definition) is 6. The summed E-state index contributed by atoms with van der Waals surface area (Å²) in [5.41, 5.74) is 0.555. The molecule has 0 saturated heterocycles. The zero-order valence-electron chi connectivity index (χ0n) is 13.2. The molecule has 1 aliphatic carbocycles. The van der Waals surface area contributed by atoms with E-state index in [0.717, 1.165) is 6.42 Å². The van der Waals surface area contributed by atoms with Gasteiger partial charge in [-0.15, -0.1) is 0 Å². The second-order valence-electron chi connectivity index (χ2n) is 4.95. The molecule has 0 radical (unpaired) electrons. The van der Waals surface area contributed by atoms with Crippen molar-refractivity contribution in [2.45, 2.75) is 18.9 Å². The summed E-state index contributed by atoms with van der Waals surface area (Å²) in [4.78, 5) is 22.8. The van der Waals surface area contributed by atoms with E-state index in [4.69, 9.17) is 14.2 Å². The minimum absolute atomic E-state index is 0.0204. The molecule has 0 spiro atoms. The van der Waals surface area contributed by atoms with Crippen molar-refractivity contribution in [3.63, 3.8) is 0 Å². The van der Waals surface area contributed by atoms with Crippen LogP contribution in [0.5, 0.6) is 11.5 Å². The van der Waals surface area contributed by atoms with E-state index < -0.39 is 17.0 Å². The Hall–Kier alpha value is -2.35. The Morgan fingerprint density at radius 3 is 2.54 bits per heavy atom. The number of methoxy groups -OCH3 is 2. The number of ether oxygens (including phenoxy) is 3. The van der Waals surface area contributed by atoms with Gasteiger partial charge < -0.3 is 14.2 Å². The van der Waals surface area contributed by atoms with E-state index in [0.29, 0.717) is 16.5 Å². The highest BCUT2D eigenvalue weighted by Crippen LogP contribution is 2.46. The number of nitro benzene ring substituents is 1. The summed E-state index contributed by atoms with van der Waals surface area (Å²) >= 11 is 3.33. The molecule has 0 amide bonds. The first-order valence-electron chi connectivity index (χ1n) is 7.05. The summed E-state index contributed by atoms with van der Waals surface area (Å²) in [7, 11) is 2.69. The standard InChI is InChI=1S/C16H16BrNO6/c1-4-11(24-16(19)9-6-5-7-9)13-14(17)12(22-2)8-10(18(20)21)15(13)23-3/h4,6,8,11H,1,5,7H2,2-3H3. The SMILES string of the molecule is C=CC(OC(=O)C1=CCC1)c1c(Br)c(OC)cc([N+](=O)[O-])c1OC. The Morgan fingerprint density at radius 1 is 1.46 bits per heavy atom. The lowest BCUT2D eigenvalue weighted by molar-refractivity contribution is -0.385. The van der Waals surface area contributed by atoms with Crippen LogP contribution in [0.3, 0.4) is 0 Å². The molecule has 1 aromatic rings. The van der Waals surface area contributed by atoms with Crippen molar-refractivity contribution < 1.29 is 23.9 Å². The van der Waals surface area contributed by atoms with Gasteiger partial charge in [0.2, 0.25) is 5.75 Å². The van der Waals surface area contributed by atoms with Crippen molar-refractivity contribution in [3.8, 4) is 11.5 Å². The van der Waals surface area contributed by atoms with Gasteiger partial charge in [-0.3, -0.25) is 10.1 Å². The second-order valence-corrected chi connectivity index (χ2v) is 5.74. The lowest BCUT2D eigenvalue weighted by atomic mass is 9.99. The topological polar surface area (TPSA) is 87.9 Å². The fourth-order valence-corrected chi connectivity index (χ4v) is 2.95.